The summed E-state index contributed by atoms with van der Waals surface area (Å²) in [5, 5.41) is 10.6. The smallest absolute Gasteiger partial charge is 0.264 e. The van der Waals surface area contributed by atoms with Crippen LogP contribution in [-0.2, 0) is 23.1 Å². The molecule has 0 radical (unpaired) electrons. The Kier molecular flexibility index (Phi) is 10.6. The van der Waals surface area contributed by atoms with Gasteiger partial charge in [0.15, 0.2) is 0 Å². The Labute approximate surface area is 249 Å². The number of ether oxygens (including phenoxy) is 1. The number of amides is 1. The van der Waals surface area contributed by atoms with Crippen LogP contribution in [0.1, 0.15) is 66.9 Å². The molecule has 1 amide bonds. The van der Waals surface area contributed by atoms with Gasteiger partial charge in [0.25, 0.3) is 5.91 Å². The van der Waals surface area contributed by atoms with E-state index in [9.17, 15) is 18.3 Å². The molecular formula is C32H41ClN2O5S. The van der Waals surface area contributed by atoms with Crippen LogP contribution >= 0.6 is 11.6 Å². The minimum Gasteiger partial charge on any atom is -0.487 e. The van der Waals surface area contributed by atoms with Gasteiger partial charge in [-0.25, -0.2) is 13.1 Å². The summed E-state index contributed by atoms with van der Waals surface area (Å²) in [5.74, 6) is 0.414. The molecule has 4 atom stereocenters. The Morgan fingerprint density at radius 1 is 1.15 bits per heavy atom. The highest BCUT2D eigenvalue weighted by Gasteiger charge is 2.37. The topological polar surface area (TPSA) is 95.9 Å². The number of halogens is 1. The van der Waals surface area contributed by atoms with Crippen LogP contribution in [0.15, 0.2) is 61.7 Å². The van der Waals surface area contributed by atoms with Crippen molar-refractivity contribution in [3.8, 4) is 5.75 Å². The van der Waals surface area contributed by atoms with Gasteiger partial charge in [0.1, 0.15) is 12.4 Å². The van der Waals surface area contributed by atoms with E-state index in [1.807, 2.05) is 18.2 Å². The number of carbonyl (C=O) groups excluding carboxylic acids is 1. The number of nitrogens with one attached hydrogen (secondary N) is 1. The molecule has 1 fully saturated rings. The molecule has 0 unspecified atom stereocenters. The highest BCUT2D eigenvalue weighted by atomic mass is 35.5. The summed E-state index contributed by atoms with van der Waals surface area (Å²) < 4.78 is 34.0. The first-order valence-electron chi connectivity index (χ1n) is 14.4. The lowest BCUT2D eigenvalue weighted by Gasteiger charge is -2.43. The van der Waals surface area contributed by atoms with Crippen LogP contribution in [0.4, 0.5) is 5.69 Å². The number of aryl methyl sites for hydroxylation is 1. The van der Waals surface area contributed by atoms with Crippen molar-refractivity contribution < 1.29 is 23.1 Å². The molecule has 4 rings (SSSR count). The Morgan fingerprint density at radius 2 is 1.93 bits per heavy atom. The molecule has 2 N–H and O–H groups in total. The number of aliphatic hydroxyl groups excluding tert-OH is 1. The predicted molar refractivity (Wildman–Crippen MR) is 165 cm³/mol. The van der Waals surface area contributed by atoms with Crippen molar-refractivity contribution in [1.29, 1.82) is 0 Å². The Balaban J connectivity index is 1.66. The van der Waals surface area contributed by atoms with Gasteiger partial charge >= 0.3 is 0 Å². The van der Waals surface area contributed by atoms with E-state index in [2.05, 4.69) is 22.8 Å². The van der Waals surface area contributed by atoms with Gasteiger partial charge in [0.2, 0.25) is 10.0 Å². The molecule has 0 bridgehead atoms. The number of hydrogen-bond acceptors (Lipinski definition) is 6. The first-order valence-corrected chi connectivity index (χ1v) is 16.3. The standard InChI is InChI=1S/C32H41ClN2O5S/c1-4-8-22(3)41(38,39)34-32(37)24-13-16-31-29(19-24)35(20-25-12-15-28(25)30(36)9-5-2)17-7-6-10-23-18-27(33)14-11-26(23)21-40-31/h4-5,11,13-14,16,18-19,22,25,28,30,36H,1-2,6-10,12,15,17,20-21H2,3H3,(H,34,37)/t22-,25+,28-,30+/m1/s1. The first-order chi connectivity index (χ1) is 19.6. The van der Waals surface area contributed by atoms with Crippen LogP contribution in [-0.4, -0.2) is 43.9 Å². The van der Waals surface area contributed by atoms with Crippen molar-refractivity contribution in [2.45, 2.75) is 69.8 Å². The molecule has 222 valence electrons. The van der Waals surface area contributed by atoms with Crippen molar-refractivity contribution in [2.24, 2.45) is 11.8 Å². The van der Waals surface area contributed by atoms with E-state index in [1.165, 1.54) is 6.08 Å². The molecule has 1 aliphatic carbocycles. The highest BCUT2D eigenvalue weighted by Crippen LogP contribution is 2.41. The van der Waals surface area contributed by atoms with Crippen LogP contribution in [0.5, 0.6) is 5.75 Å². The van der Waals surface area contributed by atoms with Gasteiger partial charge in [-0.15, -0.1) is 13.2 Å². The number of fused-ring (bicyclic) bond motifs is 2. The molecule has 7 nitrogen and oxygen atoms in total. The van der Waals surface area contributed by atoms with Crippen LogP contribution in [0.3, 0.4) is 0 Å². The third kappa shape index (κ3) is 7.73. The number of allylic oxidation sites excluding steroid dienone is 1. The predicted octanol–water partition coefficient (Wildman–Crippen LogP) is 6.05. The van der Waals surface area contributed by atoms with Crippen molar-refractivity contribution in [3.05, 3.63) is 83.4 Å². The van der Waals surface area contributed by atoms with Crippen LogP contribution in [0, 0.1) is 11.8 Å². The second-order valence-corrected chi connectivity index (χ2v) is 13.7. The SMILES string of the molecule is C=CC[C@@H](C)S(=O)(=O)NC(=O)c1ccc2c(c1)N(C[C@@H]1CC[C@H]1[C@@H](O)CC=C)CCCCc1cc(Cl)ccc1CO2. The van der Waals surface area contributed by atoms with Gasteiger partial charge < -0.3 is 14.7 Å². The quantitative estimate of drug-likeness (QED) is 0.322. The van der Waals surface area contributed by atoms with E-state index >= 15 is 0 Å². The summed E-state index contributed by atoms with van der Waals surface area (Å²) in [6.07, 6.45) is 8.36. The van der Waals surface area contributed by atoms with Crippen molar-refractivity contribution in [2.75, 3.05) is 18.0 Å². The number of anilines is 1. The Bertz CT molecular complexity index is 1360. The lowest BCUT2D eigenvalue weighted by molar-refractivity contribution is 0.0181. The summed E-state index contributed by atoms with van der Waals surface area (Å²) in [5.41, 5.74) is 3.21. The molecule has 0 saturated heterocycles. The van der Waals surface area contributed by atoms with E-state index in [1.54, 1.807) is 31.2 Å². The number of sulfonamides is 1. The zero-order valence-corrected chi connectivity index (χ0v) is 25.3. The third-order valence-electron chi connectivity index (χ3n) is 8.33. The fourth-order valence-electron chi connectivity index (χ4n) is 5.69. The fourth-order valence-corrected chi connectivity index (χ4v) is 6.85. The average Bonchev–Trinajstić information content (AvgIpc) is 2.94. The lowest BCUT2D eigenvalue weighted by Crippen LogP contribution is -2.43. The number of hydrogen-bond donors (Lipinski definition) is 2. The highest BCUT2D eigenvalue weighted by molar-refractivity contribution is 7.90. The molecule has 0 aromatic heterocycles. The zero-order chi connectivity index (χ0) is 29.6. The number of benzene rings is 2. The number of carbonyl (C=O) groups is 1. The summed E-state index contributed by atoms with van der Waals surface area (Å²) in [7, 11) is -3.87. The van der Waals surface area contributed by atoms with Gasteiger partial charge in [-0.3, -0.25) is 4.79 Å². The number of nitrogens with zero attached hydrogens (tertiary/aromatic N) is 1. The largest absolute Gasteiger partial charge is 0.487 e. The molecule has 1 aliphatic heterocycles. The summed E-state index contributed by atoms with van der Waals surface area (Å²) in [6, 6.07) is 10.9. The molecule has 1 heterocycles. The fraction of sp³-hybridized carbons (Fsp3) is 0.469. The van der Waals surface area contributed by atoms with Crippen LogP contribution in [0.25, 0.3) is 0 Å². The number of rotatable bonds is 10. The molecular weight excluding hydrogens is 560 g/mol. The monoisotopic (exact) mass is 600 g/mol. The van der Waals surface area contributed by atoms with Gasteiger partial charge in [0, 0.05) is 23.7 Å². The molecule has 2 aliphatic rings. The third-order valence-corrected chi connectivity index (χ3v) is 10.3. The first kappa shape index (κ1) is 31.1. The van der Waals surface area contributed by atoms with E-state index < -0.39 is 27.3 Å². The van der Waals surface area contributed by atoms with Crippen LogP contribution in [0.2, 0.25) is 5.02 Å². The minimum absolute atomic E-state index is 0.185. The molecule has 9 heteroatoms. The minimum atomic E-state index is -3.87. The van der Waals surface area contributed by atoms with Gasteiger partial charge in [-0.1, -0.05) is 29.8 Å². The Hall–Kier alpha value is -2.81. The molecule has 2 aromatic rings. The maximum Gasteiger partial charge on any atom is 0.264 e. The molecule has 1 saturated carbocycles. The van der Waals surface area contributed by atoms with Crippen LogP contribution < -0.4 is 14.4 Å². The number of aliphatic hydroxyl groups is 1. The van der Waals surface area contributed by atoms with E-state index in [-0.39, 0.29) is 23.8 Å². The van der Waals surface area contributed by atoms with E-state index in [4.69, 9.17) is 16.3 Å². The van der Waals surface area contributed by atoms with Gasteiger partial charge in [-0.05, 0) is 105 Å². The van der Waals surface area contributed by atoms with Crippen molar-refractivity contribution in [1.82, 2.24) is 4.72 Å². The summed E-state index contributed by atoms with van der Waals surface area (Å²) >= 11 is 6.29. The summed E-state index contributed by atoms with van der Waals surface area (Å²) in [6.45, 7) is 10.7. The van der Waals surface area contributed by atoms with Crippen molar-refractivity contribution in [3.63, 3.8) is 0 Å². The maximum absolute atomic E-state index is 13.2. The molecule has 41 heavy (non-hydrogen) atoms. The zero-order valence-electron chi connectivity index (χ0n) is 23.7. The van der Waals surface area contributed by atoms with E-state index in [0.717, 1.165) is 55.5 Å². The lowest BCUT2D eigenvalue weighted by atomic mass is 9.69. The van der Waals surface area contributed by atoms with Crippen molar-refractivity contribution >= 4 is 33.2 Å². The second-order valence-electron chi connectivity index (χ2n) is 11.2. The van der Waals surface area contributed by atoms with E-state index in [0.29, 0.717) is 30.3 Å². The van der Waals surface area contributed by atoms with Gasteiger partial charge in [-0.2, -0.15) is 0 Å². The molecule has 2 aromatic carbocycles. The summed E-state index contributed by atoms with van der Waals surface area (Å²) in [4.78, 5) is 15.4. The van der Waals surface area contributed by atoms with Gasteiger partial charge in [0.05, 0.1) is 17.0 Å². The molecule has 0 spiro atoms. The average molecular weight is 601 g/mol. The maximum atomic E-state index is 13.2. The normalized spacial score (nSPS) is 20.6. The second kappa shape index (κ2) is 13.9. The Morgan fingerprint density at radius 3 is 2.63 bits per heavy atom.